The summed E-state index contributed by atoms with van der Waals surface area (Å²) in [5.74, 6) is 1.45. The van der Waals surface area contributed by atoms with Gasteiger partial charge in [0.1, 0.15) is 5.75 Å². The van der Waals surface area contributed by atoms with Gasteiger partial charge in [-0.1, -0.05) is 12.1 Å². The second-order valence-electron chi connectivity index (χ2n) is 5.05. The maximum atomic E-state index is 9.75. The predicted octanol–water partition coefficient (Wildman–Crippen LogP) is 3.80. The maximum Gasteiger partial charge on any atom is 0.160 e. The second-order valence-corrected chi connectivity index (χ2v) is 5.05. The molecule has 0 aliphatic rings. The van der Waals surface area contributed by atoms with E-state index in [-0.39, 0.29) is 11.9 Å². The fourth-order valence-corrected chi connectivity index (χ4v) is 2.00. The molecule has 0 radical (unpaired) electrons. The molecule has 2 aromatic rings. The lowest BCUT2D eigenvalue weighted by molar-refractivity contribution is 0.242. The van der Waals surface area contributed by atoms with Crippen molar-refractivity contribution in [2.45, 2.75) is 26.5 Å². The van der Waals surface area contributed by atoms with Gasteiger partial charge in [-0.3, -0.25) is 0 Å². The number of aromatic hydroxyl groups is 1. The molecule has 0 bridgehead atoms. The Morgan fingerprint density at radius 3 is 2.62 bits per heavy atom. The van der Waals surface area contributed by atoms with Crippen molar-refractivity contribution in [3.05, 3.63) is 48.0 Å². The van der Waals surface area contributed by atoms with E-state index < -0.39 is 0 Å². The van der Waals surface area contributed by atoms with E-state index in [9.17, 15) is 5.11 Å². The maximum absolute atomic E-state index is 9.75. The van der Waals surface area contributed by atoms with E-state index >= 15 is 0 Å². The van der Waals surface area contributed by atoms with Gasteiger partial charge in [-0.05, 0) is 43.7 Å². The molecule has 0 aliphatic carbocycles. The summed E-state index contributed by atoms with van der Waals surface area (Å²) in [7, 11) is 1.53. The number of phenols is 1. The van der Waals surface area contributed by atoms with Crippen LogP contribution in [0.1, 0.15) is 19.4 Å². The van der Waals surface area contributed by atoms with Crippen molar-refractivity contribution < 1.29 is 14.6 Å². The number of hydrogen-bond donors (Lipinski definition) is 2. The normalized spacial score (nSPS) is 10.5. The molecule has 4 nitrogen and oxygen atoms in total. The molecule has 0 atom stereocenters. The summed E-state index contributed by atoms with van der Waals surface area (Å²) in [6.07, 6.45) is 0.159. The lowest BCUT2D eigenvalue weighted by atomic mass is 10.2. The summed E-state index contributed by atoms with van der Waals surface area (Å²) >= 11 is 0. The van der Waals surface area contributed by atoms with Gasteiger partial charge in [-0.2, -0.15) is 0 Å². The topological polar surface area (TPSA) is 50.7 Å². The van der Waals surface area contributed by atoms with Gasteiger partial charge in [-0.25, -0.2) is 0 Å². The summed E-state index contributed by atoms with van der Waals surface area (Å²) < 4.78 is 10.7. The minimum Gasteiger partial charge on any atom is -0.504 e. The number of benzene rings is 2. The minimum absolute atomic E-state index is 0.124. The van der Waals surface area contributed by atoms with Crippen LogP contribution in [-0.2, 0) is 6.54 Å². The van der Waals surface area contributed by atoms with Gasteiger partial charge in [0.05, 0.1) is 13.2 Å². The van der Waals surface area contributed by atoms with Gasteiger partial charge in [0.15, 0.2) is 11.5 Å². The van der Waals surface area contributed by atoms with Crippen LogP contribution in [0.5, 0.6) is 17.2 Å². The van der Waals surface area contributed by atoms with Gasteiger partial charge in [-0.15, -0.1) is 0 Å². The number of anilines is 1. The van der Waals surface area contributed by atoms with Crippen LogP contribution >= 0.6 is 0 Å². The number of ether oxygens (including phenoxy) is 2. The van der Waals surface area contributed by atoms with E-state index in [0.29, 0.717) is 12.3 Å². The Morgan fingerprint density at radius 2 is 1.95 bits per heavy atom. The molecule has 0 aliphatic heterocycles. The highest BCUT2D eigenvalue weighted by Crippen LogP contribution is 2.28. The summed E-state index contributed by atoms with van der Waals surface area (Å²) in [5.41, 5.74) is 1.95. The number of nitrogens with one attached hydrogen (secondary N) is 1. The monoisotopic (exact) mass is 287 g/mol. The Kier molecular flexibility index (Phi) is 4.93. The van der Waals surface area contributed by atoms with Gasteiger partial charge in [0.2, 0.25) is 0 Å². The zero-order valence-electron chi connectivity index (χ0n) is 12.6. The molecule has 0 saturated carbocycles. The Morgan fingerprint density at radius 1 is 1.14 bits per heavy atom. The van der Waals surface area contributed by atoms with Crippen LogP contribution in [0.15, 0.2) is 42.5 Å². The molecule has 0 amide bonds. The van der Waals surface area contributed by atoms with Crippen LogP contribution in [-0.4, -0.2) is 18.3 Å². The molecule has 112 valence electrons. The highest BCUT2D eigenvalue weighted by Gasteiger charge is 2.03. The highest BCUT2D eigenvalue weighted by molar-refractivity contribution is 5.54. The van der Waals surface area contributed by atoms with Crippen LogP contribution in [0.3, 0.4) is 0 Å². The zero-order chi connectivity index (χ0) is 15.2. The molecule has 0 fully saturated rings. The quantitative estimate of drug-likeness (QED) is 0.848. The van der Waals surface area contributed by atoms with Crippen molar-refractivity contribution in [3.8, 4) is 17.2 Å². The first-order valence-electron chi connectivity index (χ1n) is 6.95. The van der Waals surface area contributed by atoms with Crippen LogP contribution in [0, 0.1) is 0 Å². The van der Waals surface area contributed by atoms with Crippen molar-refractivity contribution in [2.24, 2.45) is 0 Å². The highest BCUT2D eigenvalue weighted by atomic mass is 16.5. The molecular weight excluding hydrogens is 266 g/mol. The molecule has 4 heteroatoms. The van der Waals surface area contributed by atoms with Crippen molar-refractivity contribution >= 4 is 5.69 Å². The molecule has 0 spiro atoms. The van der Waals surface area contributed by atoms with Crippen molar-refractivity contribution in [2.75, 3.05) is 12.4 Å². The fourth-order valence-electron chi connectivity index (χ4n) is 2.00. The standard InChI is InChI=1S/C17H21NO3/c1-12(2)21-15-6-4-5-13(9-15)11-18-14-7-8-17(20-3)16(19)10-14/h4-10,12,18-19H,11H2,1-3H3. The first-order valence-corrected chi connectivity index (χ1v) is 6.95. The van der Waals surface area contributed by atoms with E-state index in [1.54, 1.807) is 12.1 Å². The van der Waals surface area contributed by atoms with Crippen LogP contribution in [0.4, 0.5) is 5.69 Å². The Bertz CT molecular complexity index is 596. The third-order valence-corrected chi connectivity index (χ3v) is 2.95. The smallest absolute Gasteiger partial charge is 0.160 e. The SMILES string of the molecule is COc1ccc(NCc2cccc(OC(C)C)c2)cc1O. The van der Waals surface area contributed by atoms with E-state index in [1.165, 1.54) is 7.11 Å². The largest absolute Gasteiger partial charge is 0.504 e. The minimum atomic E-state index is 0.124. The molecule has 0 aromatic heterocycles. The van der Waals surface area contributed by atoms with Crippen LogP contribution in [0.2, 0.25) is 0 Å². The van der Waals surface area contributed by atoms with Gasteiger partial charge in [0.25, 0.3) is 0 Å². The van der Waals surface area contributed by atoms with E-state index in [0.717, 1.165) is 17.0 Å². The van der Waals surface area contributed by atoms with E-state index in [2.05, 4.69) is 5.32 Å². The Balaban J connectivity index is 2.01. The third-order valence-electron chi connectivity index (χ3n) is 2.95. The molecule has 0 unspecified atom stereocenters. The average molecular weight is 287 g/mol. The lowest BCUT2D eigenvalue weighted by Crippen LogP contribution is -2.06. The molecule has 2 N–H and O–H groups in total. The van der Waals surface area contributed by atoms with Crippen molar-refractivity contribution in [1.82, 2.24) is 0 Å². The summed E-state index contributed by atoms with van der Waals surface area (Å²) in [4.78, 5) is 0. The second kappa shape index (κ2) is 6.88. The Labute approximate surface area is 125 Å². The summed E-state index contributed by atoms with van der Waals surface area (Å²) in [6, 6.07) is 13.2. The van der Waals surface area contributed by atoms with Crippen molar-refractivity contribution in [1.29, 1.82) is 0 Å². The number of hydrogen-bond acceptors (Lipinski definition) is 4. The van der Waals surface area contributed by atoms with E-state index in [4.69, 9.17) is 9.47 Å². The summed E-state index contributed by atoms with van der Waals surface area (Å²) in [6.45, 7) is 4.66. The first-order chi connectivity index (χ1) is 10.1. The average Bonchev–Trinajstić information content (AvgIpc) is 2.45. The number of methoxy groups -OCH3 is 1. The lowest BCUT2D eigenvalue weighted by Gasteiger charge is -2.12. The van der Waals surface area contributed by atoms with Crippen LogP contribution < -0.4 is 14.8 Å². The number of phenolic OH excluding ortho intramolecular Hbond substituents is 1. The molecular formula is C17H21NO3. The predicted molar refractivity (Wildman–Crippen MR) is 84.2 cm³/mol. The zero-order valence-corrected chi connectivity index (χ0v) is 12.6. The first kappa shape index (κ1) is 15.0. The van der Waals surface area contributed by atoms with Crippen molar-refractivity contribution in [3.63, 3.8) is 0 Å². The van der Waals surface area contributed by atoms with Gasteiger partial charge >= 0.3 is 0 Å². The Hall–Kier alpha value is -2.36. The van der Waals surface area contributed by atoms with Crippen LogP contribution in [0.25, 0.3) is 0 Å². The molecule has 2 rings (SSSR count). The molecule has 21 heavy (non-hydrogen) atoms. The fraction of sp³-hybridized carbons (Fsp3) is 0.294. The molecule has 0 saturated heterocycles. The van der Waals surface area contributed by atoms with Gasteiger partial charge in [0, 0.05) is 18.3 Å². The third kappa shape index (κ3) is 4.31. The molecule has 2 aromatic carbocycles. The van der Waals surface area contributed by atoms with E-state index in [1.807, 2.05) is 44.2 Å². The van der Waals surface area contributed by atoms with Gasteiger partial charge < -0.3 is 19.9 Å². The number of rotatable bonds is 6. The molecule has 0 heterocycles. The summed E-state index contributed by atoms with van der Waals surface area (Å²) in [5, 5.41) is 13.0.